The van der Waals surface area contributed by atoms with Crippen LogP contribution >= 0.6 is 11.6 Å². The number of alkyl halides is 1. The largest absolute Gasteiger partial charge is 0.492 e. The fraction of sp³-hybridized carbons (Fsp3) is 0.312. The zero-order chi connectivity index (χ0) is 14.4. The van der Waals surface area contributed by atoms with Crippen molar-refractivity contribution in [2.24, 2.45) is 0 Å². The molecule has 104 valence electrons. The van der Waals surface area contributed by atoms with E-state index in [9.17, 15) is 0 Å². The molecule has 0 amide bonds. The van der Waals surface area contributed by atoms with Crippen molar-refractivity contribution in [2.75, 3.05) is 12.5 Å². The summed E-state index contributed by atoms with van der Waals surface area (Å²) < 4.78 is 7.81. The Labute approximate surface area is 124 Å². The van der Waals surface area contributed by atoms with Crippen LogP contribution in [0.3, 0.4) is 0 Å². The predicted octanol–water partition coefficient (Wildman–Crippen LogP) is 3.17. The third kappa shape index (κ3) is 3.79. The number of nitrogens with zero attached hydrogens (tertiary/aromatic N) is 2. The van der Waals surface area contributed by atoms with E-state index in [0.717, 1.165) is 29.2 Å². The first kappa shape index (κ1) is 14.5. The van der Waals surface area contributed by atoms with Crippen LogP contribution in [0.1, 0.15) is 17.0 Å². The van der Waals surface area contributed by atoms with Crippen molar-refractivity contribution in [2.45, 2.75) is 20.4 Å². The fourth-order valence-corrected chi connectivity index (χ4v) is 1.96. The highest BCUT2D eigenvalue weighted by Gasteiger charge is 2.00. The zero-order valence-electron chi connectivity index (χ0n) is 11.7. The van der Waals surface area contributed by atoms with Gasteiger partial charge in [-0.15, -0.1) is 11.6 Å². The van der Waals surface area contributed by atoms with Crippen molar-refractivity contribution in [3.8, 4) is 17.6 Å². The highest BCUT2D eigenvalue weighted by molar-refractivity contribution is 6.19. The Morgan fingerprint density at radius 2 is 2.20 bits per heavy atom. The van der Waals surface area contributed by atoms with Gasteiger partial charge in [0.05, 0.1) is 12.4 Å². The summed E-state index contributed by atoms with van der Waals surface area (Å²) >= 11 is 5.56. The summed E-state index contributed by atoms with van der Waals surface area (Å²) in [5, 5.41) is 0. The third-order valence-electron chi connectivity index (χ3n) is 3.01. The standard InChI is InChI=1S/C16H17ClN2O/c1-13-12-16(6-5-15(13)4-3-7-17)20-11-10-19-9-8-18-14(19)2/h5-6,8-9,12H,7,10-11H2,1-2H3. The van der Waals surface area contributed by atoms with Crippen LogP contribution in [0.15, 0.2) is 30.6 Å². The Hall–Kier alpha value is -1.92. The first-order chi connectivity index (χ1) is 9.70. The highest BCUT2D eigenvalue weighted by atomic mass is 35.5. The third-order valence-corrected chi connectivity index (χ3v) is 3.15. The molecule has 0 radical (unpaired) electrons. The summed E-state index contributed by atoms with van der Waals surface area (Å²) in [7, 11) is 0. The normalized spacial score (nSPS) is 9.95. The first-order valence-corrected chi connectivity index (χ1v) is 7.00. The minimum absolute atomic E-state index is 0.349. The van der Waals surface area contributed by atoms with Crippen LogP contribution < -0.4 is 4.74 Å². The minimum atomic E-state index is 0.349. The van der Waals surface area contributed by atoms with Crippen LogP contribution in [0.25, 0.3) is 0 Å². The molecule has 1 aromatic carbocycles. The summed E-state index contributed by atoms with van der Waals surface area (Å²) in [4.78, 5) is 4.18. The average Bonchev–Trinajstić information content (AvgIpc) is 2.84. The molecular formula is C16H17ClN2O. The van der Waals surface area contributed by atoms with Gasteiger partial charge >= 0.3 is 0 Å². The van der Waals surface area contributed by atoms with Crippen LogP contribution in [0.2, 0.25) is 0 Å². The van der Waals surface area contributed by atoms with Crippen LogP contribution in [0.5, 0.6) is 5.75 Å². The number of ether oxygens (including phenoxy) is 1. The molecule has 0 aliphatic carbocycles. The number of aryl methyl sites for hydroxylation is 2. The van der Waals surface area contributed by atoms with Gasteiger partial charge in [-0.25, -0.2) is 4.98 Å². The zero-order valence-corrected chi connectivity index (χ0v) is 12.4. The molecule has 0 unspecified atom stereocenters. The molecule has 1 aromatic heterocycles. The number of hydrogen-bond donors (Lipinski definition) is 0. The van der Waals surface area contributed by atoms with Gasteiger partial charge in [0.15, 0.2) is 0 Å². The molecule has 2 rings (SSSR count). The Bertz CT molecular complexity index is 637. The molecule has 0 aliphatic heterocycles. The molecule has 0 saturated heterocycles. The van der Waals surface area contributed by atoms with E-state index >= 15 is 0 Å². The summed E-state index contributed by atoms with van der Waals surface area (Å²) in [5.41, 5.74) is 2.09. The lowest BCUT2D eigenvalue weighted by Crippen LogP contribution is -2.08. The van der Waals surface area contributed by atoms with Crippen molar-refractivity contribution >= 4 is 11.6 Å². The monoisotopic (exact) mass is 288 g/mol. The van der Waals surface area contributed by atoms with E-state index in [2.05, 4.69) is 21.4 Å². The molecule has 4 heteroatoms. The summed E-state index contributed by atoms with van der Waals surface area (Å²) in [5.74, 6) is 8.09. The molecule has 0 fully saturated rings. The van der Waals surface area contributed by atoms with Crippen LogP contribution in [0.4, 0.5) is 0 Å². The second-order valence-electron chi connectivity index (χ2n) is 4.43. The second kappa shape index (κ2) is 7.02. The van der Waals surface area contributed by atoms with Crippen molar-refractivity contribution in [1.29, 1.82) is 0 Å². The van der Waals surface area contributed by atoms with Gasteiger partial charge in [-0.1, -0.05) is 11.8 Å². The number of hydrogen-bond acceptors (Lipinski definition) is 2. The first-order valence-electron chi connectivity index (χ1n) is 6.46. The lowest BCUT2D eigenvalue weighted by molar-refractivity contribution is 0.297. The molecular weight excluding hydrogens is 272 g/mol. The molecule has 0 N–H and O–H groups in total. The number of benzene rings is 1. The lowest BCUT2D eigenvalue weighted by atomic mass is 10.1. The van der Waals surface area contributed by atoms with Crippen molar-refractivity contribution < 1.29 is 4.74 Å². The van der Waals surface area contributed by atoms with Crippen molar-refractivity contribution in [1.82, 2.24) is 9.55 Å². The van der Waals surface area contributed by atoms with E-state index < -0.39 is 0 Å². The Morgan fingerprint density at radius 3 is 2.85 bits per heavy atom. The maximum atomic E-state index is 5.75. The average molecular weight is 289 g/mol. The minimum Gasteiger partial charge on any atom is -0.492 e. The molecule has 20 heavy (non-hydrogen) atoms. The van der Waals surface area contributed by atoms with Gasteiger partial charge in [-0.2, -0.15) is 0 Å². The van der Waals surface area contributed by atoms with Crippen LogP contribution in [-0.4, -0.2) is 22.0 Å². The Morgan fingerprint density at radius 1 is 1.35 bits per heavy atom. The molecule has 0 aliphatic rings. The van der Waals surface area contributed by atoms with Gasteiger partial charge in [0.1, 0.15) is 18.2 Å². The summed E-state index contributed by atoms with van der Waals surface area (Å²) in [6.45, 7) is 5.40. The van der Waals surface area contributed by atoms with E-state index in [-0.39, 0.29) is 0 Å². The van der Waals surface area contributed by atoms with Gasteiger partial charge in [0, 0.05) is 18.0 Å². The highest BCUT2D eigenvalue weighted by Crippen LogP contribution is 2.16. The summed E-state index contributed by atoms with van der Waals surface area (Å²) in [6, 6.07) is 5.90. The van der Waals surface area contributed by atoms with Crippen molar-refractivity contribution in [3.05, 3.63) is 47.5 Å². The van der Waals surface area contributed by atoms with Crippen LogP contribution in [-0.2, 0) is 6.54 Å². The molecule has 1 heterocycles. The molecule has 0 spiro atoms. The van der Waals surface area contributed by atoms with Crippen LogP contribution in [0, 0.1) is 25.7 Å². The Kier molecular flexibility index (Phi) is 5.09. The van der Waals surface area contributed by atoms with E-state index in [4.69, 9.17) is 16.3 Å². The van der Waals surface area contributed by atoms with E-state index in [1.54, 1.807) is 6.20 Å². The van der Waals surface area contributed by atoms with E-state index in [1.165, 1.54) is 0 Å². The van der Waals surface area contributed by atoms with Gasteiger partial charge in [-0.3, -0.25) is 0 Å². The molecule has 3 nitrogen and oxygen atoms in total. The smallest absolute Gasteiger partial charge is 0.119 e. The topological polar surface area (TPSA) is 27.1 Å². The SMILES string of the molecule is Cc1cc(OCCn2ccnc2C)ccc1C#CCCl. The lowest BCUT2D eigenvalue weighted by Gasteiger charge is -2.09. The summed E-state index contributed by atoms with van der Waals surface area (Å²) in [6.07, 6.45) is 3.75. The number of halogens is 1. The number of imidazole rings is 1. The van der Waals surface area contributed by atoms with E-state index in [1.807, 2.05) is 38.2 Å². The second-order valence-corrected chi connectivity index (χ2v) is 4.70. The molecule has 2 aromatic rings. The van der Waals surface area contributed by atoms with E-state index in [0.29, 0.717) is 12.5 Å². The van der Waals surface area contributed by atoms with Gasteiger partial charge in [0.2, 0.25) is 0 Å². The van der Waals surface area contributed by atoms with Crippen molar-refractivity contribution in [3.63, 3.8) is 0 Å². The number of aromatic nitrogens is 2. The molecule has 0 bridgehead atoms. The number of rotatable bonds is 4. The maximum Gasteiger partial charge on any atom is 0.119 e. The molecule has 0 saturated carbocycles. The quantitative estimate of drug-likeness (QED) is 0.638. The van der Waals surface area contributed by atoms with Gasteiger partial charge in [0.25, 0.3) is 0 Å². The fourth-order valence-electron chi connectivity index (χ4n) is 1.90. The maximum absolute atomic E-state index is 5.75. The predicted molar refractivity (Wildman–Crippen MR) is 81.2 cm³/mol. The van der Waals surface area contributed by atoms with Gasteiger partial charge in [-0.05, 0) is 37.6 Å². The molecule has 0 atom stereocenters. The van der Waals surface area contributed by atoms with Gasteiger partial charge < -0.3 is 9.30 Å². The Balaban J connectivity index is 1.94.